The summed E-state index contributed by atoms with van der Waals surface area (Å²) in [7, 11) is 3.92. The van der Waals surface area contributed by atoms with E-state index in [-0.39, 0.29) is 0 Å². The SMILES string of the molecule is CCCCN(C)C(=NC)NCc1cccc(Cn2ccnc2)c1. The van der Waals surface area contributed by atoms with Crippen molar-refractivity contribution >= 4 is 5.96 Å². The highest BCUT2D eigenvalue weighted by molar-refractivity contribution is 5.79. The van der Waals surface area contributed by atoms with E-state index in [0.717, 1.165) is 25.6 Å². The predicted octanol–water partition coefficient (Wildman–Crippen LogP) is 2.74. The lowest BCUT2D eigenvalue weighted by Crippen LogP contribution is -2.38. The van der Waals surface area contributed by atoms with Crippen LogP contribution in [0.2, 0.25) is 0 Å². The maximum Gasteiger partial charge on any atom is 0.193 e. The summed E-state index contributed by atoms with van der Waals surface area (Å²) in [6.07, 6.45) is 8.00. The summed E-state index contributed by atoms with van der Waals surface area (Å²) in [6.45, 7) is 4.85. The zero-order valence-corrected chi connectivity index (χ0v) is 14.4. The van der Waals surface area contributed by atoms with Crippen LogP contribution in [-0.2, 0) is 13.1 Å². The molecule has 5 heteroatoms. The number of hydrogen-bond acceptors (Lipinski definition) is 2. The van der Waals surface area contributed by atoms with Crippen molar-refractivity contribution in [3.63, 3.8) is 0 Å². The third-order valence-corrected chi connectivity index (χ3v) is 3.79. The van der Waals surface area contributed by atoms with E-state index < -0.39 is 0 Å². The van der Waals surface area contributed by atoms with Crippen molar-refractivity contribution in [3.8, 4) is 0 Å². The number of hydrogen-bond donors (Lipinski definition) is 1. The molecule has 0 aliphatic carbocycles. The lowest BCUT2D eigenvalue weighted by atomic mass is 10.1. The normalized spacial score (nSPS) is 11.5. The Morgan fingerprint density at radius 2 is 2.17 bits per heavy atom. The molecule has 0 fully saturated rings. The average molecular weight is 313 g/mol. The molecule has 0 radical (unpaired) electrons. The fourth-order valence-corrected chi connectivity index (χ4v) is 2.50. The molecule has 1 aromatic carbocycles. The first-order chi connectivity index (χ1) is 11.2. The van der Waals surface area contributed by atoms with Crippen LogP contribution in [0.4, 0.5) is 0 Å². The molecule has 5 nitrogen and oxygen atoms in total. The summed E-state index contributed by atoms with van der Waals surface area (Å²) in [5.41, 5.74) is 2.53. The molecule has 1 heterocycles. The molecule has 0 spiro atoms. The number of benzene rings is 1. The van der Waals surface area contributed by atoms with E-state index in [4.69, 9.17) is 0 Å². The van der Waals surface area contributed by atoms with Gasteiger partial charge in [0.25, 0.3) is 0 Å². The number of aliphatic imine (C=N–C) groups is 1. The Bertz CT molecular complexity index is 604. The van der Waals surface area contributed by atoms with E-state index in [9.17, 15) is 0 Å². The summed E-state index contributed by atoms with van der Waals surface area (Å²) in [6, 6.07) is 8.62. The van der Waals surface area contributed by atoms with Crippen molar-refractivity contribution in [2.24, 2.45) is 4.99 Å². The molecule has 0 amide bonds. The third kappa shape index (κ3) is 5.43. The quantitative estimate of drug-likeness (QED) is 0.631. The van der Waals surface area contributed by atoms with Gasteiger partial charge in [0.2, 0.25) is 0 Å². The summed E-state index contributed by atoms with van der Waals surface area (Å²) in [4.78, 5) is 10.6. The Kier molecular flexibility index (Phi) is 6.66. The highest BCUT2D eigenvalue weighted by Crippen LogP contribution is 2.07. The number of imidazole rings is 1. The van der Waals surface area contributed by atoms with Gasteiger partial charge in [0.1, 0.15) is 0 Å². The minimum Gasteiger partial charge on any atom is -0.352 e. The topological polar surface area (TPSA) is 45.5 Å². The molecule has 1 N–H and O–H groups in total. The van der Waals surface area contributed by atoms with Crippen molar-refractivity contribution in [1.82, 2.24) is 19.8 Å². The smallest absolute Gasteiger partial charge is 0.193 e. The molecule has 0 atom stereocenters. The number of guanidine groups is 1. The molecule has 0 saturated heterocycles. The van der Waals surface area contributed by atoms with Crippen LogP contribution in [0.15, 0.2) is 48.0 Å². The zero-order chi connectivity index (χ0) is 16.5. The van der Waals surface area contributed by atoms with Gasteiger partial charge in [0.15, 0.2) is 5.96 Å². The van der Waals surface area contributed by atoms with Crippen LogP contribution in [0, 0.1) is 0 Å². The Balaban J connectivity index is 1.92. The summed E-state index contributed by atoms with van der Waals surface area (Å²) in [5, 5.41) is 3.44. The Hall–Kier alpha value is -2.30. The van der Waals surface area contributed by atoms with Crippen LogP contribution in [0.25, 0.3) is 0 Å². The van der Waals surface area contributed by atoms with Crippen LogP contribution in [0.3, 0.4) is 0 Å². The molecular formula is C18H27N5. The monoisotopic (exact) mass is 313 g/mol. The van der Waals surface area contributed by atoms with Crippen LogP contribution < -0.4 is 5.32 Å². The number of nitrogens with one attached hydrogen (secondary N) is 1. The second-order valence-electron chi connectivity index (χ2n) is 5.73. The van der Waals surface area contributed by atoms with Gasteiger partial charge in [-0.1, -0.05) is 37.6 Å². The van der Waals surface area contributed by atoms with Gasteiger partial charge in [-0.3, -0.25) is 4.99 Å². The average Bonchev–Trinajstić information content (AvgIpc) is 3.06. The fraction of sp³-hybridized carbons (Fsp3) is 0.444. The van der Waals surface area contributed by atoms with Crippen LogP contribution >= 0.6 is 0 Å². The first-order valence-corrected chi connectivity index (χ1v) is 8.18. The Morgan fingerprint density at radius 3 is 2.87 bits per heavy atom. The number of rotatable bonds is 7. The minimum absolute atomic E-state index is 0.779. The van der Waals surface area contributed by atoms with Gasteiger partial charge in [-0.05, 0) is 17.5 Å². The minimum atomic E-state index is 0.779. The Morgan fingerprint density at radius 1 is 1.35 bits per heavy atom. The molecule has 0 unspecified atom stereocenters. The van der Waals surface area contributed by atoms with Gasteiger partial charge in [-0.15, -0.1) is 0 Å². The van der Waals surface area contributed by atoms with Gasteiger partial charge in [-0.2, -0.15) is 0 Å². The van der Waals surface area contributed by atoms with Gasteiger partial charge >= 0.3 is 0 Å². The lowest BCUT2D eigenvalue weighted by molar-refractivity contribution is 0.464. The largest absolute Gasteiger partial charge is 0.352 e. The number of aromatic nitrogens is 2. The second-order valence-corrected chi connectivity index (χ2v) is 5.73. The number of unbranched alkanes of at least 4 members (excludes halogenated alkanes) is 1. The maximum absolute atomic E-state index is 4.36. The predicted molar refractivity (Wildman–Crippen MR) is 95.5 cm³/mol. The zero-order valence-electron chi connectivity index (χ0n) is 14.4. The van der Waals surface area contributed by atoms with Gasteiger partial charge in [0.05, 0.1) is 6.33 Å². The maximum atomic E-state index is 4.36. The van der Waals surface area contributed by atoms with Crippen LogP contribution in [0.1, 0.15) is 30.9 Å². The van der Waals surface area contributed by atoms with Gasteiger partial charge in [0, 0.05) is 46.1 Å². The molecule has 2 aromatic rings. The fourth-order valence-electron chi connectivity index (χ4n) is 2.50. The molecular weight excluding hydrogens is 286 g/mol. The van der Waals surface area contributed by atoms with Crippen molar-refractivity contribution < 1.29 is 0 Å². The Labute approximate surface area is 139 Å². The summed E-state index contributed by atoms with van der Waals surface area (Å²) >= 11 is 0. The molecule has 2 rings (SSSR count). The van der Waals surface area contributed by atoms with Crippen molar-refractivity contribution in [2.75, 3.05) is 20.6 Å². The van der Waals surface area contributed by atoms with Gasteiger partial charge < -0.3 is 14.8 Å². The molecule has 23 heavy (non-hydrogen) atoms. The molecule has 0 bridgehead atoms. The molecule has 124 valence electrons. The first-order valence-electron chi connectivity index (χ1n) is 8.18. The number of nitrogens with zero attached hydrogens (tertiary/aromatic N) is 4. The summed E-state index contributed by atoms with van der Waals surface area (Å²) in [5.74, 6) is 0.943. The standard InChI is InChI=1S/C18H27N5/c1-4-5-10-22(3)18(19-2)21-13-16-7-6-8-17(12-16)14-23-11-9-20-15-23/h6-9,11-12,15H,4-5,10,13-14H2,1-3H3,(H,19,21). The van der Waals surface area contributed by atoms with Crippen molar-refractivity contribution in [3.05, 3.63) is 54.1 Å². The highest BCUT2D eigenvalue weighted by Gasteiger charge is 2.05. The molecule has 1 aromatic heterocycles. The van der Waals surface area contributed by atoms with Crippen molar-refractivity contribution in [2.45, 2.75) is 32.9 Å². The van der Waals surface area contributed by atoms with Crippen molar-refractivity contribution in [1.29, 1.82) is 0 Å². The van der Waals surface area contributed by atoms with Crippen LogP contribution in [-0.4, -0.2) is 41.1 Å². The van der Waals surface area contributed by atoms with E-state index in [1.165, 1.54) is 24.0 Å². The molecule has 0 aliphatic heterocycles. The van der Waals surface area contributed by atoms with Crippen LogP contribution in [0.5, 0.6) is 0 Å². The second kappa shape index (κ2) is 8.98. The lowest BCUT2D eigenvalue weighted by Gasteiger charge is -2.22. The molecule has 0 saturated carbocycles. The highest BCUT2D eigenvalue weighted by atomic mass is 15.3. The van der Waals surface area contributed by atoms with E-state index in [1.54, 1.807) is 0 Å². The summed E-state index contributed by atoms with van der Waals surface area (Å²) < 4.78 is 2.07. The first kappa shape index (κ1) is 17.1. The van der Waals surface area contributed by atoms with E-state index in [2.05, 4.69) is 63.0 Å². The van der Waals surface area contributed by atoms with Gasteiger partial charge in [-0.25, -0.2) is 4.98 Å². The van der Waals surface area contributed by atoms with E-state index in [0.29, 0.717) is 0 Å². The van der Waals surface area contributed by atoms with E-state index in [1.807, 2.05) is 25.8 Å². The molecule has 0 aliphatic rings. The third-order valence-electron chi connectivity index (χ3n) is 3.79. The van der Waals surface area contributed by atoms with E-state index >= 15 is 0 Å².